The maximum atomic E-state index is 6.30. The van der Waals surface area contributed by atoms with Crippen LogP contribution in [0.15, 0.2) is 55.0 Å². The summed E-state index contributed by atoms with van der Waals surface area (Å²) in [6.45, 7) is 0. The van der Waals surface area contributed by atoms with E-state index in [0.29, 0.717) is 0 Å². The molecule has 0 radical (unpaired) electrons. The maximum Gasteiger partial charge on any atom is 0.0758 e. The van der Waals surface area contributed by atoms with Crippen LogP contribution in [0.2, 0.25) is 0 Å². The Bertz CT molecular complexity index is 668. The zero-order valence-corrected chi connectivity index (χ0v) is 10.6. The zero-order chi connectivity index (χ0) is 13.2. The standard InChI is InChI=1S/C14H15N5/c1-18-10-11(9-17-18)14(15)13-7-8-16-19(13)12-5-3-2-4-6-12/h2-10,14H,15H2,1H3. The summed E-state index contributed by atoms with van der Waals surface area (Å²) in [4.78, 5) is 0. The highest BCUT2D eigenvalue weighted by Gasteiger charge is 2.16. The van der Waals surface area contributed by atoms with Crippen LogP contribution in [0.3, 0.4) is 0 Å². The van der Waals surface area contributed by atoms with Gasteiger partial charge in [0.15, 0.2) is 0 Å². The largest absolute Gasteiger partial charge is 0.319 e. The molecule has 0 saturated heterocycles. The Kier molecular flexibility index (Phi) is 2.89. The molecule has 0 spiro atoms. The second-order valence-corrected chi connectivity index (χ2v) is 4.43. The summed E-state index contributed by atoms with van der Waals surface area (Å²) in [5.74, 6) is 0. The van der Waals surface area contributed by atoms with Crippen LogP contribution >= 0.6 is 0 Å². The van der Waals surface area contributed by atoms with Gasteiger partial charge in [-0.25, -0.2) is 4.68 Å². The molecule has 2 heterocycles. The summed E-state index contributed by atoms with van der Waals surface area (Å²) >= 11 is 0. The molecule has 0 amide bonds. The topological polar surface area (TPSA) is 61.7 Å². The average molecular weight is 253 g/mol. The van der Waals surface area contributed by atoms with Crippen LogP contribution in [0.25, 0.3) is 5.69 Å². The highest BCUT2D eigenvalue weighted by Crippen LogP contribution is 2.21. The van der Waals surface area contributed by atoms with E-state index >= 15 is 0 Å². The smallest absolute Gasteiger partial charge is 0.0758 e. The molecular formula is C14H15N5. The first-order valence-electron chi connectivity index (χ1n) is 6.09. The molecule has 1 atom stereocenters. The lowest BCUT2D eigenvalue weighted by Gasteiger charge is -2.12. The van der Waals surface area contributed by atoms with Gasteiger partial charge in [0.1, 0.15) is 0 Å². The first kappa shape index (κ1) is 11.7. The summed E-state index contributed by atoms with van der Waals surface area (Å²) in [5, 5.41) is 8.51. The van der Waals surface area contributed by atoms with Crippen LogP contribution in [-0.2, 0) is 7.05 Å². The van der Waals surface area contributed by atoms with Gasteiger partial charge in [0.05, 0.1) is 23.6 Å². The fourth-order valence-corrected chi connectivity index (χ4v) is 2.11. The van der Waals surface area contributed by atoms with E-state index in [1.165, 1.54) is 0 Å². The SMILES string of the molecule is Cn1cc(C(N)c2ccnn2-c2ccccc2)cn1. The Labute approximate surface area is 111 Å². The van der Waals surface area contributed by atoms with Crippen molar-refractivity contribution >= 4 is 0 Å². The molecular weight excluding hydrogens is 238 g/mol. The van der Waals surface area contributed by atoms with Crippen LogP contribution in [0.4, 0.5) is 0 Å². The zero-order valence-electron chi connectivity index (χ0n) is 10.6. The van der Waals surface area contributed by atoms with Crippen molar-refractivity contribution in [3.63, 3.8) is 0 Å². The number of nitrogens with two attached hydrogens (primary N) is 1. The highest BCUT2D eigenvalue weighted by atomic mass is 15.3. The van der Waals surface area contributed by atoms with E-state index in [4.69, 9.17) is 5.73 Å². The van der Waals surface area contributed by atoms with Crippen LogP contribution in [0.5, 0.6) is 0 Å². The summed E-state index contributed by atoms with van der Waals surface area (Å²) < 4.78 is 3.61. The quantitative estimate of drug-likeness (QED) is 0.772. The number of nitrogens with zero attached hydrogens (tertiary/aromatic N) is 4. The second-order valence-electron chi connectivity index (χ2n) is 4.43. The first-order valence-corrected chi connectivity index (χ1v) is 6.09. The third-order valence-corrected chi connectivity index (χ3v) is 3.08. The van der Waals surface area contributed by atoms with E-state index in [0.717, 1.165) is 16.9 Å². The van der Waals surface area contributed by atoms with Crippen molar-refractivity contribution in [1.29, 1.82) is 0 Å². The van der Waals surface area contributed by atoms with Crippen molar-refractivity contribution in [2.75, 3.05) is 0 Å². The molecule has 2 N–H and O–H groups in total. The summed E-state index contributed by atoms with van der Waals surface area (Å²) in [6, 6.07) is 11.7. The normalized spacial score (nSPS) is 12.5. The van der Waals surface area contributed by atoms with E-state index < -0.39 is 0 Å². The number of hydrogen-bond acceptors (Lipinski definition) is 3. The molecule has 96 valence electrons. The Morgan fingerprint density at radius 1 is 1.11 bits per heavy atom. The van der Waals surface area contributed by atoms with Gasteiger partial charge in [-0.15, -0.1) is 0 Å². The minimum atomic E-state index is -0.239. The molecule has 1 aromatic carbocycles. The van der Waals surface area contributed by atoms with E-state index in [9.17, 15) is 0 Å². The van der Waals surface area contributed by atoms with Gasteiger partial charge < -0.3 is 5.73 Å². The minimum Gasteiger partial charge on any atom is -0.319 e. The van der Waals surface area contributed by atoms with Crippen LogP contribution in [0.1, 0.15) is 17.3 Å². The molecule has 0 fully saturated rings. The van der Waals surface area contributed by atoms with Crippen molar-refractivity contribution in [2.45, 2.75) is 6.04 Å². The fourth-order valence-electron chi connectivity index (χ4n) is 2.11. The predicted octanol–water partition coefficient (Wildman–Crippen LogP) is 1.65. The molecule has 1 unspecified atom stereocenters. The van der Waals surface area contributed by atoms with Crippen molar-refractivity contribution < 1.29 is 0 Å². The van der Waals surface area contributed by atoms with Crippen LogP contribution < -0.4 is 5.73 Å². The molecule has 19 heavy (non-hydrogen) atoms. The lowest BCUT2D eigenvalue weighted by atomic mass is 10.1. The molecule has 0 aliphatic carbocycles. The first-order chi connectivity index (χ1) is 9.25. The highest BCUT2D eigenvalue weighted by molar-refractivity contribution is 5.35. The summed E-state index contributed by atoms with van der Waals surface area (Å²) in [6.07, 6.45) is 5.47. The van der Waals surface area contributed by atoms with E-state index in [-0.39, 0.29) is 6.04 Å². The molecule has 0 aliphatic heterocycles. The fraction of sp³-hybridized carbons (Fsp3) is 0.143. The number of aryl methyl sites for hydroxylation is 1. The van der Waals surface area contributed by atoms with Gasteiger partial charge in [-0.2, -0.15) is 10.2 Å². The number of benzene rings is 1. The molecule has 5 heteroatoms. The molecule has 0 saturated carbocycles. The molecule has 3 rings (SSSR count). The third kappa shape index (κ3) is 2.15. The second kappa shape index (κ2) is 4.70. The Morgan fingerprint density at radius 2 is 1.89 bits per heavy atom. The molecule has 0 bridgehead atoms. The average Bonchev–Trinajstić information content (AvgIpc) is 3.07. The lowest BCUT2D eigenvalue weighted by Crippen LogP contribution is -2.16. The van der Waals surface area contributed by atoms with Crippen LogP contribution in [0, 0.1) is 0 Å². The van der Waals surface area contributed by atoms with Gasteiger partial charge in [-0.1, -0.05) is 18.2 Å². The number of hydrogen-bond donors (Lipinski definition) is 1. The van der Waals surface area contributed by atoms with Gasteiger partial charge >= 0.3 is 0 Å². The van der Waals surface area contributed by atoms with Gasteiger partial charge in [-0.05, 0) is 18.2 Å². The number of para-hydroxylation sites is 1. The van der Waals surface area contributed by atoms with Crippen molar-refractivity contribution in [3.05, 3.63) is 66.2 Å². The summed E-state index contributed by atoms with van der Waals surface area (Å²) in [7, 11) is 1.88. The Balaban J connectivity index is 2.01. The monoisotopic (exact) mass is 253 g/mol. The van der Waals surface area contributed by atoms with Gasteiger partial charge in [-0.3, -0.25) is 4.68 Å². The maximum absolute atomic E-state index is 6.30. The number of rotatable bonds is 3. The van der Waals surface area contributed by atoms with Gasteiger partial charge in [0, 0.05) is 25.0 Å². The Hall–Kier alpha value is -2.40. The summed E-state index contributed by atoms with van der Waals surface area (Å²) in [5.41, 5.74) is 9.22. The lowest BCUT2D eigenvalue weighted by molar-refractivity contribution is 0.735. The van der Waals surface area contributed by atoms with Crippen molar-refractivity contribution in [1.82, 2.24) is 19.6 Å². The van der Waals surface area contributed by atoms with E-state index in [1.54, 1.807) is 17.1 Å². The third-order valence-electron chi connectivity index (χ3n) is 3.08. The van der Waals surface area contributed by atoms with Gasteiger partial charge in [0.2, 0.25) is 0 Å². The minimum absolute atomic E-state index is 0.239. The molecule has 3 aromatic rings. The predicted molar refractivity (Wildman–Crippen MR) is 72.8 cm³/mol. The van der Waals surface area contributed by atoms with Crippen molar-refractivity contribution in [2.24, 2.45) is 12.8 Å². The van der Waals surface area contributed by atoms with Gasteiger partial charge in [0.25, 0.3) is 0 Å². The molecule has 0 aliphatic rings. The Morgan fingerprint density at radius 3 is 2.58 bits per heavy atom. The molecule has 5 nitrogen and oxygen atoms in total. The molecule has 2 aromatic heterocycles. The van der Waals surface area contributed by atoms with E-state index in [2.05, 4.69) is 10.2 Å². The van der Waals surface area contributed by atoms with E-state index in [1.807, 2.05) is 54.3 Å². The number of aromatic nitrogens is 4. The van der Waals surface area contributed by atoms with Crippen LogP contribution in [-0.4, -0.2) is 19.6 Å². The van der Waals surface area contributed by atoms with Crippen molar-refractivity contribution in [3.8, 4) is 5.69 Å².